The molecule has 1 rings (SSSR count). The number of carboxylic acid groups (broad SMARTS) is 1. The van der Waals surface area contributed by atoms with E-state index in [1.54, 1.807) is 13.8 Å². The van der Waals surface area contributed by atoms with Gasteiger partial charge in [-0.2, -0.15) is 0 Å². The summed E-state index contributed by atoms with van der Waals surface area (Å²) in [6.07, 6.45) is 3.81. The van der Waals surface area contributed by atoms with E-state index in [2.05, 4.69) is 5.32 Å². The number of carboxylic acids is 1. The Hall–Kier alpha value is -2.12. The monoisotopic (exact) mass is 357 g/mol. The minimum Gasteiger partial charge on any atom is -0.480 e. The van der Waals surface area contributed by atoms with Crippen molar-refractivity contribution in [2.75, 3.05) is 13.2 Å². The van der Waals surface area contributed by atoms with Crippen molar-refractivity contribution in [2.24, 2.45) is 11.8 Å². The Bertz CT molecular complexity index is 485. The fraction of sp³-hybridized carbons (Fsp3) is 0.765. The van der Waals surface area contributed by atoms with E-state index in [9.17, 15) is 24.3 Å². The largest absolute Gasteiger partial charge is 0.480 e. The molecule has 0 spiro atoms. The number of aliphatic carboxylic acids is 1. The molecule has 142 valence electrons. The van der Waals surface area contributed by atoms with Crippen LogP contribution in [0, 0.1) is 11.8 Å². The number of hydrogen-bond acceptors (Lipinski definition) is 6. The first-order chi connectivity index (χ1) is 11.9. The molecule has 8 heteroatoms. The molecule has 1 amide bonds. The molecule has 2 N–H and O–H groups in total. The lowest BCUT2D eigenvalue weighted by molar-refractivity contribution is -0.160. The zero-order valence-electron chi connectivity index (χ0n) is 14.8. The highest BCUT2D eigenvalue weighted by Gasteiger charge is 2.39. The van der Waals surface area contributed by atoms with Crippen molar-refractivity contribution in [3.05, 3.63) is 0 Å². The van der Waals surface area contributed by atoms with Gasteiger partial charge < -0.3 is 19.9 Å². The zero-order valence-corrected chi connectivity index (χ0v) is 14.8. The SMILES string of the molecule is CCOC(=O)C[C@H](C(=O)OCC)[C@@H](NC(=O)C1CCCCC1)C(=O)O. The van der Waals surface area contributed by atoms with Gasteiger partial charge >= 0.3 is 17.9 Å². The van der Waals surface area contributed by atoms with Crippen LogP contribution in [0.3, 0.4) is 0 Å². The van der Waals surface area contributed by atoms with Crippen LogP contribution in [0.2, 0.25) is 0 Å². The highest BCUT2D eigenvalue weighted by molar-refractivity contribution is 5.91. The maximum Gasteiger partial charge on any atom is 0.327 e. The van der Waals surface area contributed by atoms with Crippen molar-refractivity contribution < 1.29 is 33.8 Å². The average molecular weight is 357 g/mol. The number of amides is 1. The number of ether oxygens (including phenoxy) is 2. The minimum absolute atomic E-state index is 0.0427. The van der Waals surface area contributed by atoms with E-state index in [4.69, 9.17) is 9.47 Å². The van der Waals surface area contributed by atoms with Gasteiger partial charge in [0.25, 0.3) is 0 Å². The molecule has 0 aliphatic heterocycles. The van der Waals surface area contributed by atoms with Crippen LogP contribution in [0.1, 0.15) is 52.4 Å². The summed E-state index contributed by atoms with van der Waals surface area (Å²) in [6.45, 7) is 3.34. The second-order valence-corrected chi connectivity index (χ2v) is 6.03. The predicted octanol–water partition coefficient (Wildman–Crippen LogP) is 1.27. The number of carbonyl (C=O) groups excluding carboxylic acids is 3. The third kappa shape index (κ3) is 6.72. The molecule has 0 bridgehead atoms. The molecule has 0 aromatic rings. The van der Waals surface area contributed by atoms with Gasteiger partial charge in [-0.3, -0.25) is 14.4 Å². The topological polar surface area (TPSA) is 119 Å². The van der Waals surface area contributed by atoms with Gasteiger partial charge in [-0.15, -0.1) is 0 Å². The minimum atomic E-state index is -1.53. The molecule has 1 aliphatic carbocycles. The van der Waals surface area contributed by atoms with Gasteiger partial charge in [-0.1, -0.05) is 19.3 Å². The van der Waals surface area contributed by atoms with Gasteiger partial charge in [-0.05, 0) is 26.7 Å². The van der Waals surface area contributed by atoms with Crippen LogP contribution >= 0.6 is 0 Å². The fourth-order valence-electron chi connectivity index (χ4n) is 2.96. The first kappa shape index (κ1) is 20.9. The van der Waals surface area contributed by atoms with Gasteiger partial charge in [0, 0.05) is 5.92 Å². The Balaban J connectivity index is 2.89. The predicted molar refractivity (Wildman–Crippen MR) is 87.5 cm³/mol. The molecule has 0 aromatic carbocycles. The van der Waals surface area contributed by atoms with Gasteiger partial charge in [0.05, 0.1) is 25.6 Å². The Labute approximate surface area is 147 Å². The van der Waals surface area contributed by atoms with Crippen LogP contribution in [-0.2, 0) is 28.7 Å². The molecule has 0 aromatic heterocycles. The van der Waals surface area contributed by atoms with Gasteiger partial charge in [0.15, 0.2) is 0 Å². The molecule has 1 saturated carbocycles. The summed E-state index contributed by atoms with van der Waals surface area (Å²) < 4.78 is 9.68. The lowest BCUT2D eigenvalue weighted by Crippen LogP contribution is -2.51. The van der Waals surface area contributed by atoms with E-state index in [0.29, 0.717) is 12.8 Å². The van der Waals surface area contributed by atoms with Crippen LogP contribution in [0.4, 0.5) is 0 Å². The van der Waals surface area contributed by atoms with Crippen molar-refractivity contribution in [1.82, 2.24) is 5.32 Å². The Kier molecular flexibility index (Phi) is 8.94. The summed E-state index contributed by atoms with van der Waals surface area (Å²) in [5, 5.41) is 11.9. The van der Waals surface area contributed by atoms with Gasteiger partial charge in [-0.25, -0.2) is 4.79 Å². The molecule has 0 heterocycles. The zero-order chi connectivity index (χ0) is 18.8. The van der Waals surface area contributed by atoms with Crippen LogP contribution in [0.25, 0.3) is 0 Å². The second kappa shape index (κ2) is 10.7. The van der Waals surface area contributed by atoms with E-state index in [0.717, 1.165) is 19.3 Å². The number of hydrogen-bond donors (Lipinski definition) is 2. The second-order valence-electron chi connectivity index (χ2n) is 6.03. The van der Waals surface area contributed by atoms with E-state index in [1.165, 1.54) is 0 Å². The van der Waals surface area contributed by atoms with Gasteiger partial charge in [0.2, 0.25) is 5.91 Å². The van der Waals surface area contributed by atoms with Crippen LogP contribution in [-0.4, -0.2) is 48.2 Å². The molecular formula is C17H27NO7. The summed E-state index contributed by atoms with van der Waals surface area (Å²) in [7, 11) is 0. The quantitative estimate of drug-likeness (QED) is 0.596. The molecular weight excluding hydrogens is 330 g/mol. The first-order valence-corrected chi connectivity index (χ1v) is 8.76. The summed E-state index contributed by atoms with van der Waals surface area (Å²) in [6, 6.07) is -1.53. The third-order valence-electron chi connectivity index (χ3n) is 4.22. The van der Waals surface area contributed by atoms with Crippen molar-refractivity contribution in [3.8, 4) is 0 Å². The lowest BCUT2D eigenvalue weighted by atomic mass is 9.87. The Morgan fingerprint density at radius 3 is 2.16 bits per heavy atom. The number of carbonyl (C=O) groups is 4. The highest BCUT2D eigenvalue weighted by atomic mass is 16.5. The summed E-state index contributed by atoms with van der Waals surface area (Å²) in [5.41, 5.74) is 0. The Morgan fingerprint density at radius 2 is 1.64 bits per heavy atom. The van der Waals surface area contributed by atoms with E-state index in [1.807, 2.05) is 0 Å². The van der Waals surface area contributed by atoms with Crippen molar-refractivity contribution in [1.29, 1.82) is 0 Å². The molecule has 2 atom stereocenters. The molecule has 0 saturated heterocycles. The van der Waals surface area contributed by atoms with Crippen LogP contribution in [0.5, 0.6) is 0 Å². The van der Waals surface area contributed by atoms with Crippen molar-refractivity contribution in [3.63, 3.8) is 0 Å². The molecule has 8 nitrogen and oxygen atoms in total. The molecule has 0 unspecified atom stereocenters. The number of rotatable bonds is 9. The van der Waals surface area contributed by atoms with E-state index < -0.39 is 42.2 Å². The van der Waals surface area contributed by atoms with E-state index >= 15 is 0 Å². The number of nitrogens with one attached hydrogen (secondary N) is 1. The molecule has 1 fully saturated rings. The average Bonchev–Trinajstić information content (AvgIpc) is 2.58. The molecule has 25 heavy (non-hydrogen) atoms. The summed E-state index contributed by atoms with van der Waals surface area (Å²) in [5.74, 6) is -4.92. The van der Waals surface area contributed by atoms with Gasteiger partial charge in [0.1, 0.15) is 6.04 Å². The Morgan fingerprint density at radius 1 is 1.04 bits per heavy atom. The van der Waals surface area contributed by atoms with E-state index in [-0.39, 0.29) is 19.1 Å². The summed E-state index contributed by atoms with van der Waals surface area (Å²) in [4.78, 5) is 47.9. The third-order valence-corrected chi connectivity index (χ3v) is 4.22. The standard InChI is InChI=1S/C17H27NO7/c1-3-24-13(19)10-12(17(23)25-4-2)14(16(21)22)18-15(20)11-8-6-5-7-9-11/h11-12,14H,3-10H2,1-2H3,(H,18,20)(H,21,22)/t12-,14+/m0/s1. The molecule has 1 aliphatic rings. The smallest absolute Gasteiger partial charge is 0.327 e. The highest BCUT2D eigenvalue weighted by Crippen LogP contribution is 2.24. The maximum absolute atomic E-state index is 12.4. The summed E-state index contributed by atoms with van der Waals surface area (Å²) >= 11 is 0. The lowest BCUT2D eigenvalue weighted by Gasteiger charge is -2.26. The van der Waals surface area contributed by atoms with Crippen LogP contribution < -0.4 is 5.32 Å². The number of esters is 2. The fourth-order valence-corrected chi connectivity index (χ4v) is 2.96. The normalized spacial score (nSPS) is 17.2. The maximum atomic E-state index is 12.4. The van der Waals surface area contributed by atoms with Crippen molar-refractivity contribution >= 4 is 23.8 Å². The van der Waals surface area contributed by atoms with Crippen molar-refractivity contribution in [2.45, 2.75) is 58.4 Å². The first-order valence-electron chi connectivity index (χ1n) is 8.76. The molecule has 0 radical (unpaired) electrons. The van der Waals surface area contributed by atoms with Crippen LogP contribution in [0.15, 0.2) is 0 Å².